The van der Waals surface area contributed by atoms with Crippen molar-refractivity contribution in [2.24, 2.45) is 4.99 Å². The average molecular weight is 507 g/mol. The predicted octanol–water partition coefficient (Wildman–Crippen LogP) is 3.29. The second kappa shape index (κ2) is 10.2. The fraction of sp³-hybridized carbons (Fsp3) is 0.444. The number of aliphatic imine (C=N–C) groups is 1. The van der Waals surface area contributed by atoms with Crippen molar-refractivity contribution >= 4 is 47.0 Å². The highest BCUT2D eigenvalue weighted by molar-refractivity contribution is 14.0. The molecule has 0 spiro atoms. The van der Waals surface area contributed by atoms with Crippen LogP contribution in [0.4, 0.5) is 14.5 Å². The molecule has 5 nitrogen and oxygen atoms in total. The van der Waals surface area contributed by atoms with Gasteiger partial charge in [-0.3, -0.25) is 4.99 Å². The Bertz CT molecular complexity index is 775. The third-order valence-corrected chi connectivity index (χ3v) is 5.30. The van der Waals surface area contributed by atoms with E-state index in [0.29, 0.717) is 31.9 Å². The zero-order valence-corrected chi connectivity index (χ0v) is 18.6. The summed E-state index contributed by atoms with van der Waals surface area (Å²) in [6.07, 6.45) is 2.74. The van der Waals surface area contributed by atoms with Crippen LogP contribution in [0.25, 0.3) is 0 Å². The van der Waals surface area contributed by atoms with Gasteiger partial charge in [0, 0.05) is 63.3 Å². The van der Waals surface area contributed by atoms with Crippen LogP contribution < -0.4 is 10.2 Å². The number of guanidine groups is 1. The van der Waals surface area contributed by atoms with E-state index in [1.54, 1.807) is 18.4 Å². The predicted molar refractivity (Wildman–Crippen MR) is 117 cm³/mol. The maximum atomic E-state index is 13.9. The van der Waals surface area contributed by atoms with Gasteiger partial charge >= 0.3 is 0 Å². The Morgan fingerprint density at radius 3 is 2.63 bits per heavy atom. The summed E-state index contributed by atoms with van der Waals surface area (Å²) in [7, 11) is 1.76. The summed E-state index contributed by atoms with van der Waals surface area (Å²) in [5, 5.41) is 4.47. The van der Waals surface area contributed by atoms with E-state index in [-0.39, 0.29) is 29.8 Å². The number of nitrogens with zero attached hydrogens (tertiary/aromatic N) is 4. The van der Waals surface area contributed by atoms with Crippen LogP contribution in [-0.4, -0.2) is 55.6 Å². The molecule has 27 heavy (non-hydrogen) atoms. The first-order chi connectivity index (χ1) is 12.6. The number of nitrogens with one attached hydrogen (secondary N) is 1. The van der Waals surface area contributed by atoms with Gasteiger partial charge in [0.05, 0.1) is 10.7 Å². The monoisotopic (exact) mass is 507 g/mol. The molecule has 0 aliphatic carbocycles. The van der Waals surface area contributed by atoms with Crippen molar-refractivity contribution in [1.29, 1.82) is 0 Å². The number of thiazole rings is 1. The van der Waals surface area contributed by atoms with Crippen molar-refractivity contribution < 1.29 is 8.78 Å². The van der Waals surface area contributed by atoms with E-state index in [9.17, 15) is 8.78 Å². The first-order valence-electron chi connectivity index (χ1n) is 8.63. The number of anilines is 1. The van der Waals surface area contributed by atoms with E-state index in [0.717, 1.165) is 30.0 Å². The van der Waals surface area contributed by atoms with Crippen molar-refractivity contribution in [3.63, 3.8) is 0 Å². The molecule has 0 unspecified atom stereocenters. The Kier molecular flexibility index (Phi) is 8.21. The summed E-state index contributed by atoms with van der Waals surface area (Å²) in [5.41, 5.74) is 0.326. The van der Waals surface area contributed by atoms with Gasteiger partial charge in [0.25, 0.3) is 0 Å². The molecule has 1 aliphatic heterocycles. The van der Waals surface area contributed by atoms with Crippen LogP contribution in [0.15, 0.2) is 29.4 Å². The zero-order valence-electron chi connectivity index (χ0n) is 15.4. The van der Waals surface area contributed by atoms with Gasteiger partial charge in [-0.25, -0.2) is 13.8 Å². The molecule has 0 bridgehead atoms. The second-order valence-electron chi connectivity index (χ2n) is 6.16. The number of rotatable bonds is 4. The fourth-order valence-corrected chi connectivity index (χ4v) is 3.80. The molecular weight excluding hydrogens is 483 g/mol. The molecule has 0 radical (unpaired) electrons. The standard InChI is InChI=1S/C18H23F2N5S.HI/c1-13-12-23-17(26-13)5-6-22-18(21-2)25-9-7-24(8-10-25)16-11-14(19)3-4-15(16)20;/h3-4,11-12H,5-10H2,1-2H3,(H,21,22);1H. The van der Waals surface area contributed by atoms with E-state index in [1.165, 1.54) is 17.0 Å². The molecule has 1 N–H and O–H groups in total. The number of halogens is 3. The lowest BCUT2D eigenvalue weighted by atomic mass is 10.2. The van der Waals surface area contributed by atoms with Gasteiger partial charge < -0.3 is 15.1 Å². The van der Waals surface area contributed by atoms with Crippen molar-refractivity contribution in [2.75, 3.05) is 44.7 Å². The molecule has 0 atom stereocenters. The van der Waals surface area contributed by atoms with Gasteiger partial charge in [0.15, 0.2) is 5.96 Å². The molecule has 1 aromatic carbocycles. The molecule has 148 valence electrons. The normalized spacial score (nSPS) is 14.9. The van der Waals surface area contributed by atoms with Crippen molar-refractivity contribution in [2.45, 2.75) is 13.3 Å². The minimum absolute atomic E-state index is 0. The zero-order chi connectivity index (χ0) is 18.5. The van der Waals surface area contributed by atoms with Crippen LogP contribution in [0.2, 0.25) is 0 Å². The molecule has 2 heterocycles. The summed E-state index contributed by atoms with van der Waals surface area (Å²) < 4.78 is 27.3. The molecular formula is C18H24F2IN5S. The number of aromatic nitrogens is 1. The molecule has 1 saturated heterocycles. The Hall–Kier alpha value is -1.49. The van der Waals surface area contributed by atoms with Gasteiger partial charge in [-0.05, 0) is 19.1 Å². The lowest BCUT2D eigenvalue weighted by Crippen LogP contribution is -2.53. The van der Waals surface area contributed by atoms with E-state index in [4.69, 9.17) is 0 Å². The summed E-state index contributed by atoms with van der Waals surface area (Å²) in [6, 6.07) is 3.58. The topological polar surface area (TPSA) is 43.8 Å². The van der Waals surface area contributed by atoms with Crippen molar-refractivity contribution in [3.8, 4) is 0 Å². The Morgan fingerprint density at radius 1 is 1.26 bits per heavy atom. The number of hydrogen-bond acceptors (Lipinski definition) is 4. The van der Waals surface area contributed by atoms with Gasteiger partial charge in [-0.1, -0.05) is 0 Å². The highest BCUT2D eigenvalue weighted by Crippen LogP contribution is 2.22. The van der Waals surface area contributed by atoms with Crippen molar-refractivity contribution in [3.05, 3.63) is 45.9 Å². The summed E-state index contributed by atoms with van der Waals surface area (Å²) in [6.45, 7) is 5.45. The number of piperazine rings is 1. The first-order valence-corrected chi connectivity index (χ1v) is 9.45. The van der Waals surface area contributed by atoms with Crippen LogP contribution >= 0.6 is 35.3 Å². The molecule has 9 heteroatoms. The van der Waals surface area contributed by atoms with Crippen LogP contribution in [0.5, 0.6) is 0 Å². The van der Waals surface area contributed by atoms with E-state index in [2.05, 4.69) is 27.1 Å². The largest absolute Gasteiger partial charge is 0.366 e. The highest BCUT2D eigenvalue weighted by atomic mass is 127. The SMILES string of the molecule is CN=C(NCCc1ncc(C)s1)N1CCN(c2cc(F)ccc2F)CC1.I. The molecule has 2 aromatic rings. The minimum Gasteiger partial charge on any atom is -0.366 e. The maximum Gasteiger partial charge on any atom is 0.193 e. The van der Waals surface area contributed by atoms with Crippen LogP contribution in [0, 0.1) is 18.6 Å². The number of hydrogen-bond donors (Lipinski definition) is 1. The number of aryl methyl sites for hydroxylation is 1. The molecule has 0 amide bonds. The van der Waals surface area contributed by atoms with Gasteiger partial charge in [-0.2, -0.15) is 0 Å². The maximum absolute atomic E-state index is 13.9. The van der Waals surface area contributed by atoms with Gasteiger partial charge in [0.2, 0.25) is 0 Å². The fourth-order valence-electron chi connectivity index (χ4n) is 3.02. The molecule has 1 aromatic heterocycles. The summed E-state index contributed by atoms with van der Waals surface area (Å²) in [5.74, 6) is 0.0254. The van der Waals surface area contributed by atoms with Crippen LogP contribution in [0.1, 0.15) is 9.88 Å². The van der Waals surface area contributed by atoms with Gasteiger partial charge in [-0.15, -0.1) is 35.3 Å². The van der Waals surface area contributed by atoms with E-state index >= 15 is 0 Å². The first kappa shape index (κ1) is 21.8. The molecule has 1 fully saturated rings. The molecule has 3 rings (SSSR count). The molecule has 0 saturated carbocycles. The quantitative estimate of drug-likeness (QED) is 0.392. The van der Waals surface area contributed by atoms with Crippen LogP contribution in [-0.2, 0) is 6.42 Å². The summed E-state index contributed by atoms with van der Waals surface area (Å²) >= 11 is 1.71. The van der Waals surface area contributed by atoms with E-state index in [1.807, 2.05) is 11.1 Å². The highest BCUT2D eigenvalue weighted by Gasteiger charge is 2.22. The second-order valence-corrected chi connectivity index (χ2v) is 7.48. The smallest absolute Gasteiger partial charge is 0.193 e. The van der Waals surface area contributed by atoms with E-state index < -0.39 is 5.82 Å². The number of benzene rings is 1. The van der Waals surface area contributed by atoms with Gasteiger partial charge in [0.1, 0.15) is 11.6 Å². The lowest BCUT2D eigenvalue weighted by Gasteiger charge is -2.37. The Morgan fingerprint density at radius 2 is 2.00 bits per heavy atom. The minimum atomic E-state index is -0.418. The average Bonchev–Trinajstić information content (AvgIpc) is 3.06. The Labute approximate surface area is 179 Å². The third kappa shape index (κ3) is 5.74. The lowest BCUT2D eigenvalue weighted by molar-refractivity contribution is 0.371. The third-order valence-electron chi connectivity index (χ3n) is 4.33. The van der Waals surface area contributed by atoms with Crippen LogP contribution in [0.3, 0.4) is 0 Å². The Balaban J connectivity index is 0.00000261. The summed E-state index contributed by atoms with van der Waals surface area (Å²) in [4.78, 5) is 13.9. The molecule has 1 aliphatic rings. The van der Waals surface area contributed by atoms with Crippen molar-refractivity contribution in [1.82, 2.24) is 15.2 Å².